The molecule has 33 heavy (non-hydrogen) atoms. The van der Waals surface area contributed by atoms with Gasteiger partial charge in [-0.2, -0.15) is 0 Å². The largest absolute Gasteiger partial charge is 0.477 e. The lowest BCUT2D eigenvalue weighted by atomic mass is 9.91. The molecule has 0 aromatic carbocycles. The van der Waals surface area contributed by atoms with Crippen LogP contribution in [0.5, 0.6) is 0 Å². The van der Waals surface area contributed by atoms with Crippen LogP contribution in [0, 0.1) is 11.3 Å². The Balaban J connectivity index is 2.08. The lowest BCUT2D eigenvalue weighted by Crippen LogP contribution is -2.26. The molecule has 1 aliphatic rings. The third kappa shape index (κ3) is 6.04. The predicted molar refractivity (Wildman–Crippen MR) is 130 cm³/mol. The molecule has 1 aliphatic carbocycles. The topological polar surface area (TPSA) is 124 Å². The molecule has 178 valence electrons. The molecule has 2 aromatic rings. The molecule has 1 fully saturated rings. The number of hydrogen-bond acceptors (Lipinski definition) is 8. The van der Waals surface area contributed by atoms with Crippen LogP contribution in [0.4, 0.5) is 11.8 Å². The number of carboxylic acids is 1. The zero-order chi connectivity index (χ0) is 24.0. The van der Waals surface area contributed by atoms with Crippen molar-refractivity contribution < 1.29 is 14.6 Å². The number of hydrogen-bond donors (Lipinski definition) is 3. The molecule has 2 aromatic heterocycles. The van der Waals surface area contributed by atoms with Crippen molar-refractivity contribution in [3.63, 3.8) is 0 Å². The maximum absolute atomic E-state index is 11.9. The predicted octanol–water partition coefficient (Wildman–Crippen LogP) is 4.09. The van der Waals surface area contributed by atoms with Crippen LogP contribution in [0.2, 0.25) is 0 Å². The molecule has 9 heteroatoms. The van der Waals surface area contributed by atoms with E-state index in [-0.39, 0.29) is 17.7 Å². The number of carbonyl (C=O) groups is 1. The van der Waals surface area contributed by atoms with Crippen molar-refractivity contribution in [3.05, 3.63) is 29.7 Å². The quantitative estimate of drug-likeness (QED) is 0.459. The molecule has 3 N–H and O–H groups in total. The SMILES string of the molecule is COCCN(C)c1ncc(-c2cc(C(=O)O)nc(NC3CCCCC3)c2C(=N)C(C)C)cn1. The molecule has 1 saturated carbocycles. The van der Waals surface area contributed by atoms with Gasteiger partial charge >= 0.3 is 5.97 Å². The molecule has 9 nitrogen and oxygen atoms in total. The zero-order valence-electron chi connectivity index (χ0n) is 19.9. The molecule has 0 spiro atoms. The number of rotatable bonds is 10. The van der Waals surface area contributed by atoms with Gasteiger partial charge < -0.3 is 25.5 Å². The van der Waals surface area contributed by atoms with Crippen LogP contribution in [0.3, 0.4) is 0 Å². The summed E-state index contributed by atoms with van der Waals surface area (Å²) in [4.78, 5) is 27.1. The fourth-order valence-corrected chi connectivity index (χ4v) is 3.97. The van der Waals surface area contributed by atoms with Crippen LogP contribution in [0.1, 0.15) is 62.0 Å². The van der Waals surface area contributed by atoms with E-state index in [0.717, 1.165) is 25.7 Å². The van der Waals surface area contributed by atoms with Crippen molar-refractivity contribution in [2.24, 2.45) is 5.92 Å². The van der Waals surface area contributed by atoms with E-state index in [0.29, 0.717) is 47.3 Å². The summed E-state index contributed by atoms with van der Waals surface area (Å²) in [6.45, 7) is 5.10. The minimum absolute atomic E-state index is 0.0616. The first-order chi connectivity index (χ1) is 15.8. The third-order valence-electron chi connectivity index (χ3n) is 5.95. The summed E-state index contributed by atoms with van der Waals surface area (Å²) in [6, 6.07) is 1.74. The average molecular weight is 455 g/mol. The Morgan fingerprint density at radius 1 is 1.27 bits per heavy atom. The van der Waals surface area contributed by atoms with E-state index in [1.807, 2.05) is 25.8 Å². The zero-order valence-corrected chi connectivity index (χ0v) is 19.9. The summed E-state index contributed by atoms with van der Waals surface area (Å²) in [5.74, 6) is -0.169. The highest BCUT2D eigenvalue weighted by Gasteiger charge is 2.25. The normalized spacial score (nSPS) is 14.3. The second-order valence-corrected chi connectivity index (χ2v) is 8.82. The van der Waals surface area contributed by atoms with Crippen molar-refractivity contribution in [1.29, 1.82) is 5.41 Å². The maximum atomic E-state index is 11.9. The van der Waals surface area contributed by atoms with Gasteiger partial charge in [-0.25, -0.2) is 19.7 Å². The van der Waals surface area contributed by atoms with Gasteiger partial charge in [0, 0.05) is 56.0 Å². The van der Waals surface area contributed by atoms with Crippen LogP contribution in [-0.2, 0) is 4.74 Å². The number of aromatic carboxylic acids is 1. The Kier molecular flexibility index (Phi) is 8.32. The summed E-state index contributed by atoms with van der Waals surface area (Å²) in [7, 11) is 3.53. The molecular weight excluding hydrogens is 420 g/mol. The smallest absolute Gasteiger partial charge is 0.354 e. The van der Waals surface area contributed by atoms with Gasteiger partial charge in [-0.15, -0.1) is 0 Å². The highest BCUT2D eigenvalue weighted by atomic mass is 16.5. The first-order valence-corrected chi connectivity index (χ1v) is 11.5. The molecule has 0 bridgehead atoms. The average Bonchev–Trinajstić information content (AvgIpc) is 2.82. The van der Waals surface area contributed by atoms with Gasteiger partial charge in [0.25, 0.3) is 0 Å². The Morgan fingerprint density at radius 2 is 1.94 bits per heavy atom. The van der Waals surface area contributed by atoms with Crippen LogP contribution < -0.4 is 10.2 Å². The van der Waals surface area contributed by atoms with E-state index in [9.17, 15) is 9.90 Å². The van der Waals surface area contributed by atoms with Crippen molar-refractivity contribution in [2.75, 3.05) is 37.5 Å². The van der Waals surface area contributed by atoms with E-state index < -0.39 is 5.97 Å². The number of anilines is 2. The molecular formula is C24H34N6O3. The van der Waals surface area contributed by atoms with Gasteiger partial charge in [0.05, 0.1) is 6.61 Å². The van der Waals surface area contributed by atoms with Crippen molar-refractivity contribution in [3.8, 4) is 11.1 Å². The van der Waals surface area contributed by atoms with Gasteiger partial charge in [0.15, 0.2) is 5.69 Å². The lowest BCUT2D eigenvalue weighted by molar-refractivity contribution is 0.0690. The second-order valence-electron chi connectivity index (χ2n) is 8.82. The number of methoxy groups -OCH3 is 1. The van der Waals surface area contributed by atoms with Gasteiger partial charge in [-0.05, 0) is 30.4 Å². The number of carboxylic acid groups (broad SMARTS) is 1. The van der Waals surface area contributed by atoms with E-state index in [4.69, 9.17) is 10.1 Å². The first kappa shape index (κ1) is 24.6. The minimum Gasteiger partial charge on any atom is -0.477 e. The van der Waals surface area contributed by atoms with E-state index in [2.05, 4.69) is 20.3 Å². The molecule has 0 aliphatic heterocycles. The Hall–Kier alpha value is -3.07. The minimum atomic E-state index is -1.11. The standard InChI is InChI=1S/C24H34N6O3/c1-15(2)21(25)20-18(16-13-26-24(27-14-16)30(3)10-11-33-4)12-19(23(31)32)29-22(20)28-17-8-6-5-7-9-17/h12-15,17,25H,5-11H2,1-4H3,(H,28,29)(H,31,32). The lowest BCUT2D eigenvalue weighted by Gasteiger charge is -2.26. The van der Waals surface area contributed by atoms with Gasteiger partial charge in [0.2, 0.25) is 5.95 Å². The van der Waals surface area contributed by atoms with Crippen LogP contribution in [-0.4, -0.2) is 65.1 Å². The fourth-order valence-electron chi connectivity index (χ4n) is 3.97. The second kappa shape index (κ2) is 11.2. The fraction of sp³-hybridized carbons (Fsp3) is 0.542. The number of ether oxygens (including phenoxy) is 1. The number of pyridine rings is 1. The van der Waals surface area contributed by atoms with Crippen LogP contribution in [0.25, 0.3) is 11.1 Å². The monoisotopic (exact) mass is 454 g/mol. The van der Waals surface area contributed by atoms with Crippen LogP contribution >= 0.6 is 0 Å². The summed E-state index contributed by atoms with van der Waals surface area (Å²) >= 11 is 0. The van der Waals surface area contributed by atoms with Gasteiger partial charge in [0.1, 0.15) is 5.82 Å². The molecule has 0 atom stereocenters. The maximum Gasteiger partial charge on any atom is 0.354 e. The number of aromatic nitrogens is 3. The van der Waals surface area contributed by atoms with Crippen molar-refractivity contribution >= 4 is 23.4 Å². The number of nitrogens with zero attached hydrogens (tertiary/aromatic N) is 4. The molecule has 0 unspecified atom stereocenters. The van der Waals surface area contributed by atoms with Gasteiger partial charge in [-0.3, -0.25) is 0 Å². The molecule has 3 rings (SSSR count). The van der Waals surface area contributed by atoms with Crippen molar-refractivity contribution in [1.82, 2.24) is 15.0 Å². The summed E-state index contributed by atoms with van der Waals surface area (Å²) < 4.78 is 5.11. The highest BCUT2D eigenvalue weighted by molar-refractivity contribution is 6.09. The number of nitrogens with one attached hydrogen (secondary N) is 2. The van der Waals surface area contributed by atoms with Gasteiger partial charge in [-0.1, -0.05) is 33.1 Å². The third-order valence-corrected chi connectivity index (χ3v) is 5.95. The van der Waals surface area contributed by atoms with Crippen LogP contribution in [0.15, 0.2) is 18.5 Å². The van der Waals surface area contributed by atoms with Crippen molar-refractivity contribution in [2.45, 2.75) is 52.0 Å². The highest BCUT2D eigenvalue weighted by Crippen LogP contribution is 2.33. The van der Waals surface area contributed by atoms with E-state index in [1.165, 1.54) is 12.5 Å². The molecule has 0 amide bonds. The summed E-state index contributed by atoms with van der Waals surface area (Å²) in [6.07, 6.45) is 8.84. The summed E-state index contributed by atoms with van der Waals surface area (Å²) in [5.41, 5.74) is 2.20. The first-order valence-electron chi connectivity index (χ1n) is 11.5. The Morgan fingerprint density at radius 3 is 2.52 bits per heavy atom. The molecule has 0 radical (unpaired) electrons. The summed E-state index contributed by atoms with van der Waals surface area (Å²) in [5, 5.41) is 22.0. The van der Waals surface area contributed by atoms with E-state index >= 15 is 0 Å². The Labute approximate surface area is 195 Å². The Bertz CT molecular complexity index is 971. The molecule has 0 saturated heterocycles. The van der Waals surface area contributed by atoms with E-state index in [1.54, 1.807) is 19.5 Å². The number of likely N-dealkylation sites (N-methyl/N-ethyl adjacent to an activating group) is 1. The molecule has 2 heterocycles.